The van der Waals surface area contributed by atoms with Gasteiger partial charge in [0.15, 0.2) is 10.9 Å². The van der Waals surface area contributed by atoms with Crippen molar-refractivity contribution in [2.75, 3.05) is 0 Å². The van der Waals surface area contributed by atoms with Crippen molar-refractivity contribution in [1.29, 1.82) is 5.26 Å². The fourth-order valence-electron chi connectivity index (χ4n) is 2.52. The second-order valence-electron chi connectivity index (χ2n) is 6.07. The van der Waals surface area contributed by atoms with Crippen LogP contribution in [-0.4, -0.2) is 15.8 Å². The maximum atomic E-state index is 11.4. The quantitative estimate of drug-likeness (QED) is 0.314. The van der Waals surface area contributed by atoms with Crippen molar-refractivity contribution < 1.29 is 9.53 Å². The molecule has 0 unspecified atom stereocenters. The molecule has 6 heteroatoms. The Kier molecular flexibility index (Phi) is 6.41. The maximum absolute atomic E-state index is 11.4. The molecule has 0 aliphatic rings. The Bertz CT molecular complexity index is 1030. The normalized spacial score (nSPS) is 10.3. The van der Waals surface area contributed by atoms with E-state index in [0.29, 0.717) is 33.7 Å². The van der Waals surface area contributed by atoms with Crippen LogP contribution in [0.2, 0.25) is 0 Å². The summed E-state index contributed by atoms with van der Waals surface area (Å²) < 4.78 is 5.87. The summed E-state index contributed by atoms with van der Waals surface area (Å²) in [5.41, 5.74) is 3.12. The summed E-state index contributed by atoms with van der Waals surface area (Å²) in [4.78, 5) is 20.4. The third kappa shape index (κ3) is 4.96. The summed E-state index contributed by atoms with van der Waals surface area (Å²) in [6.07, 6.45) is 0.754. The number of benzene rings is 2. The molecule has 0 aliphatic carbocycles. The number of Topliss-reactive ketones (excluding diaryl/α,β-unsaturated/α-hetero) is 1. The second kappa shape index (κ2) is 9.16. The highest BCUT2D eigenvalue weighted by atomic mass is 32.2. The topological polar surface area (TPSA) is 75.9 Å². The minimum atomic E-state index is 0.0122. The van der Waals surface area contributed by atoms with Gasteiger partial charge < -0.3 is 4.74 Å². The first-order valence-corrected chi connectivity index (χ1v) is 9.85. The molecule has 0 bridgehead atoms. The van der Waals surface area contributed by atoms with Gasteiger partial charge in [0.2, 0.25) is 5.88 Å². The average Bonchev–Trinajstić information content (AvgIpc) is 2.72. The fourth-order valence-corrected chi connectivity index (χ4v) is 3.40. The lowest BCUT2D eigenvalue weighted by molar-refractivity contribution is 0.101. The third-order valence-electron chi connectivity index (χ3n) is 4.08. The molecular formula is C22H19N3O2S. The number of hydrogen-bond acceptors (Lipinski definition) is 6. The van der Waals surface area contributed by atoms with Crippen molar-refractivity contribution in [3.8, 4) is 17.7 Å². The smallest absolute Gasteiger partial charge is 0.223 e. The number of carbonyl (C=O) groups is 1. The zero-order valence-corrected chi connectivity index (χ0v) is 16.5. The fraction of sp³-hybridized carbons (Fsp3) is 0.182. The minimum Gasteiger partial charge on any atom is -0.439 e. The summed E-state index contributed by atoms with van der Waals surface area (Å²) in [7, 11) is 0. The van der Waals surface area contributed by atoms with E-state index in [4.69, 9.17) is 4.74 Å². The summed E-state index contributed by atoms with van der Waals surface area (Å²) in [6, 6.07) is 18.5. The van der Waals surface area contributed by atoms with Crippen molar-refractivity contribution in [1.82, 2.24) is 9.97 Å². The molecule has 0 N–H and O–H groups in total. The molecule has 0 saturated carbocycles. The number of thioether (sulfide) groups is 1. The maximum Gasteiger partial charge on any atom is 0.223 e. The molecule has 3 aromatic rings. The van der Waals surface area contributed by atoms with Gasteiger partial charge in [0.1, 0.15) is 5.75 Å². The summed E-state index contributed by atoms with van der Waals surface area (Å²) >= 11 is 1.47. The Hall–Kier alpha value is -3.17. The molecule has 0 spiro atoms. The van der Waals surface area contributed by atoms with Gasteiger partial charge in [-0.25, -0.2) is 4.98 Å². The molecule has 0 atom stereocenters. The molecule has 3 rings (SSSR count). The molecule has 0 fully saturated rings. The minimum absolute atomic E-state index is 0.0122. The molecule has 2 aromatic carbocycles. The molecule has 0 saturated heterocycles. The van der Waals surface area contributed by atoms with Crippen LogP contribution >= 0.6 is 11.8 Å². The van der Waals surface area contributed by atoms with Crippen LogP contribution in [0.4, 0.5) is 0 Å². The highest BCUT2D eigenvalue weighted by Crippen LogP contribution is 2.26. The first kappa shape index (κ1) is 19.6. The predicted molar refractivity (Wildman–Crippen MR) is 109 cm³/mol. The molecule has 5 nitrogen and oxygen atoms in total. The van der Waals surface area contributed by atoms with Gasteiger partial charge in [0.05, 0.1) is 11.6 Å². The first-order valence-electron chi connectivity index (χ1n) is 8.86. The molecule has 140 valence electrons. The summed E-state index contributed by atoms with van der Waals surface area (Å²) in [5.74, 6) is 1.68. The molecular weight excluding hydrogens is 370 g/mol. The van der Waals surface area contributed by atoms with E-state index in [1.165, 1.54) is 18.7 Å². The Morgan fingerprint density at radius 1 is 1.14 bits per heavy atom. The Morgan fingerprint density at radius 2 is 1.89 bits per heavy atom. The second-order valence-corrected chi connectivity index (χ2v) is 7.02. The van der Waals surface area contributed by atoms with Crippen molar-refractivity contribution in [2.45, 2.75) is 31.2 Å². The van der Waals surface area contributed by atoms with E-state index in [-0.39, 0.29) is 5.78 Å². The van der Waals surface area contributed by atoms with Gasteiger partial charge in [0, 0.05) is 23.1 Å². The van der Waals surface area contributed by atoms with Crippen molar-refractivity contribution in [3.05, 3.63) is 77.0 Å². The lowest BCUT2D eigenvalue weighted by Crippen LogP contribution is -1.98. The van der Waals surface area contributed by atoms with E-state index in [1.807, 2.05) is 31.2 Å². The van der Waals surface area contributed by atoms with Crippen LogP contribution < -0.4 is 4.74 Å². The Morgan fingerprint density at radius 3 is 2.57 bits per heavy atom. The zero-order chi connectivity index (χ0) is 19.9. The first-order chi connectivity index (χ1) is 13.6. The van der Waals surface area contributed by atoms with Crippen LogP contribution in [0.5, 0.6) is 11.6 Å². The van der Waals surface area contributed by atoms with E-state index >= 15 is 0 Å². The zero-order valence-electron chi connectivity index (χ0n) is 15.7. The van der Waals surface area contributed by atoms with E-state index < -0.39 is 0 Å². The highest BCUT2D eigenvalue weighted by Gasteiger charge is 2.09. The number of ketones is 1. The number of hydrogen-bond donors (Lipinski definition) is 0. The molecule has 1 heterocycles. The number of aryl methyl sites for hydroxylation is 1. The van der Waals surface area contributed by atoms with Crippen LogP contribution in [0.15, 0.2) is 59.8 Å². The largest absolute Gasteiger partial charge is 0.439 e. The molecule has 0 aliphatic heterocycles. The SMILES string of the molecule is CCc1cc(Oc2ccc(C(C)=O)cc2)nc(SCc2ccccc2C#N)n1. The predicted octanol–water partition coefficient (Wildman–Crippen LogP) is 5.20. The standard InChI is InChI=1S/C22H19N3O2S/c1-3-19-12-21(27-20-10-8-16(9-11-20)15(2)26)25-22(24-19)28-14-18-7-5-4-6-17(18)13-23/h4-12H,3,14H2,1-2H3. The lowest BCUT2D eigenvalue weighted by atomic mass is 10.1. The van der Waals surface area contributed by atoms with Gasteiger partial charge in [-0.2, -0.15) is 10.2 Å². The average molecular weight is 389 g/mol. The third-order valence-corrected chi connectivity index (χ3v) is 4.97. The molecule has 28 heavy (non-hydrogen) atoms. The van der Waals surface area contributed by atoms with E-state index in [1.54, 1.807) is 30.3 Å². The number of aromatic nitrogens is 2. The van der Waals surface area contributed by atoms with Gasteiger partial charge >= 0.3 is 0 Å². The van der Waals surface area contributed by atoms with Crippen LogP contribution in [0.25, 0.3) is 0 Å². The number of rotatable bonds is 7. The van der Waals surface area contributed by atoms with Crippen LogP contribution in [0.3, 0.4) is 0 Å². The number of nitriles is 1. The molecule has 0 radical (unpaired) electrons. The van der Waals surface area contributed by atoms with Gasteiger partial charge in [-0.05, 0) is 49.2 Å². The molecule has 0 amide bonds. The van der Waals surface area contributed by atoms with Crippen molar-refractivity contribution in [2.24, 2.45) is 0 Å². The summed E-state index contributed by atoms with van der Waals surface area (Å²) in [5, 5.41) is 9.83. The van der Waals surface area contributed by atoms with Gasteiger partial charge in [-0.1, -0.05) is 36.9 Å². The van der Waals surface area contributed by atoms with Crippen LogP contribution in [-0.2, 0) is 12.2 Å². The van der Waals surface area contributed by atoms with E-state index in [9.17, 15) is 10.1 Å². The van der Waals surface area contributed by atoms with Crippen molar-refractivity contribution >= 4 is 17.5 Å². The van der Waals surface area contributed by atoms with E-state index in [0.717, 1.165) is 17.7 Å². The van der Waals surface area contributed by atoms with Gasteiger partial charge in [-0.3, -0.25) is 4.79 Å². The van der Waals surface area contributed by atoms with Gasteiger partial charge in [0.25, 0.3) is 0 Å². The Labute approximate surface area is 168 Å². The lowest BCUT2D eigenvalue weighted by Gasteiger charge is -2.09. The molecule has 1 aromatic heterocycles. The number of ether oxygens (including phenoxy) is 1. The van der Waals surface area contributed by atoms with Crippen LogP contribution in [0, 0.1) is 11.3 Å². The van der Waals surface area contributed by atoms with Gasteiger partial charge in [-0.15, -0.1) is 0 Å². The van der Waals surface area contributed by atoms with Crippen LogP contribution in [0.1, 0.15) is 41.0 Å². The summed E-state index contributed by atoms with van der Waals surface area (Å²) in [6.45, 7) is 3.55. The number of carbonyl (C=O) groups excluding carboxylic acids is 1. The van der Waals surface area contributed by atoms with E-state index in [2.05, 4.69) is 16.0 Å². The van der Waals surface area contributed by atoms with Crippen molar-refractivity contribution in [3.63, 3.8) is 0 Å². The monoisotopic (exact) mass is 389 g/mol. The highest BCUT2D eigenvalue weighted by molar-refractivity contribution is 7.98. The Balaban J connectivity index is 1.78. The number of nitrogens with zero attached hydrogens (tertiary/aromatic N) is 3.